The Morgan fingerprint density at radius 3 is 2.52 bits per heavy atom. The maximum atomic E-state index is 5.45. The third kappa shape index (κ3) is 3.87. The fourth-order valence-electron chi connectivity index (χ4n) is 2.39. The van der Waals surface area contributed by atoms with Crippen molar-refractivity contribution in [3.05, 3.63) is 62.0 Å². The Bertz CT molecular complexity index is 628. The van der Waals surface area contributed by atoms with Gasteiger partial charge in [0.15, 0.2) is 0 Å². The lowest BCUT2D eigenvalue weighted by atomic mass is 9.97. The molecule has 0 saturated carbocycles. The van der Waals surface area contributed by atoms with Gasteiger partial charge < -0.3 is 10.1 Å². The Morgan fingerprint density at radius 1 is 1.14 bits per heavy atom. The van der Waals surface area contributed by atoms with Gasteiger partial charge in [-0.3, -0.25) is 0 Å². The molecule has 1 unspecified atom stereocenters. The largest absolute Gasteiger partial charge is 0.496 e. The Morgan fingerprint density at radius 2 is 1.86 bits per heavy atom. The highest BCUT2D eigenvalue weighted by molar-refractivity contribution is 9.11. The highest BCUT2D eigenvalue weighted by atomic mass is 79.9. The van der Waals surface area contributed by atoms with Crippen LogP contribution >= 0.6 is 31.9 Å². The Hall–Kier alpha value is -0.840. The molecule has 1 atom stereocenters. The van der Waals surface area contributed by atoms with Crippen LogP contribution in [0.4, 0.5) is 0 Å². The molecule has 0 aliphatic carbocycles. The number of para-hydroxylation sites is 1. The van der Waals surface area contributed by atoms with Crippen molar-refractivity contribution in [1.29, 1.82) is 0 Å². The Labute approximate surface area is 143 Å². The van der Waals surface area contributed by atoms with E-state index in [0.29, 0.717) is 0 Å². The molecule has 0 aliphatic rings. The van der Waals surface area contributed by atoms with E-state index in [2.05, 4.69) is 62.3 Å². The number of benzene rings is 2. The third-order valence-electron chi connectivity index (χ3n) is 3.62. The lowest BCUT2D eigenvalue weighted by Crippen LogP contribution is -2.19. The zero-order chi connectivity index (χ0) is 15.4. The molecule has 2 rings (SSSR count). The zero-order valence-corrected chi connectivity index (χ0v) is 15.6. The van der Waals surface area contributed by atoms with Crippen LogP contribution in [0.5, 0.6) is 5.75 Å². The van der Waals surface area contributed by atoms with Gasteiger partial charge in [-0.15, -0.1) is 0 Å². The van der Waals surface area contributed by atoms with Crippen molar-refractivity contribution in [3.8, 4) is 5.75 Å². The summed E-state index contributed by atoms with van der Waals surface area (Å²) >= 11 is 7.30. The highest BCUT2D eigenvalue weighted by Crippen LogP contribution is 2.32. The average molecular weight is 413 g/mol. The molecule has 2 aromatic carbocycles. The van der Waals surface area contributed by atoms with Gasteiger partial charge in [0.2, 0.25) is 0 Å². The van der Waals surface area contributed by atoms with E-state index < -0.39 is 0 Å². The van der Waals surface area contributed by atoms with E-state index in [-0.39, 0.29) is 6.04 Å². The van der Waals surface area contributed by atoms with E-state index in [1.807, 2.05) is 25.2 Å². The van der Waals surface area contributed by atoms with Gasteiger partial charge in [-0.1, -0.05) is 50.1 Å². The summed E-state index contributed by atoms with van der Waals surface area (Å²) in [6, 6.07) is 12.7. The van der Waals surface area contributed by atoms with Crippen LogP contribution in [0.1, 0.15) is 22.7 Å². The van der Waals surface area contributed by atoms with Crippen molar-refractivity contribution in [2.24, 2.45) is 0 Å². The summed E-state index contributed by atoms with van der Waals surface area (Å²) in [4.78, 5) is 0. The number of methoxy groups -OCH3 is 1. The van der Waals surface area contributed by atoms with E-state index in [1.54, 1.807) is 7.11 Å². The first-order valence-electron chi connectivity index (χ1n) is 6.81. The second-order valence-electron chi connectivity index (χ2n) is 4.98. The molecule has 0 heterocycles. The monoisotopic (exact) mass is 411 g/mol. The lowest BCUT2D eigenvalue weighted by Gasteiger charge is -2.20. The summed E-state index contributed by atoms with van der Waals surface area (Å²) < 4.78 is 7.70. The van der Waals surface area contributed by atoms with Crippen LogP contribution in [0.3, 0.4) is 0 Å². The average Bonchev–Trinajstić information content (AvgIpc) is 2.49. The number of ether oxygens (including phenoxy) is 1. The van der Waals surface area contributed by atoms with Gasteiger partial charge in [-0.05, 0) is 55.3 Å². The first-order valence-corrected chi connectivity index (χ1v) is 8.40. The maximum Gasteiger partial charge on any atom is 0.122 e. The minimum Gasteiger partial charge on any atom is -0.496 e. The van der Waals surface area contributed by atoms with E-state index in [9.17, 15) is 0 Å². The van der Waals surface area contributed by atoms with E-state index >= 15 is 0 Å². The number of likely N-dealkylation sites (N-methyl/N-ethyl adjacent to an activating group) is 1. The normalized spacial score (nSPS) is 12.2. The lowest BCUT2D eigenvalue weighted by molar-refractivity contribution is 0.406. The topological polar surface area (TPSA) is 21.3 Å². The van der Waals surface area contributed by atoms with Crippen molar-refractivity contribution in [1.82, 2.24) is 5.32 Å². The molecular formula is C17H19Br2NO. The fourth-order valence-corrected chi connectivity index (χ4v) is 3.48. The predicted octanol–water partition coefficient (Wildman–Crippen LogP) is 5.03. The summed E-state index contributed by atoms with van der Waals surface area (Å²) in [6.45, 7) is 2.09. The first kappa shape index (κ1) is 16.5. The molecule has 0 bridgehead atoms. The van der Waals surface area contributed by atoms with Crippen molar-refractivity contribution in [2.75, 3.05) is 14.2 Å². The van der Waals surface area contributed by atoms with Crippen molar-refractivity contribution in [3.63, 3.8) is 0 Å². The number of halogens is 2. The van der Waals surface area contributed by atoms with Crippen LogP contribution < -0.4 is 10.1 Å². The second kappa shape index (κ2) is 7.43. The molecule has 0 aromatic heterocycles. The minimum atomic E-state index is 0.215. The molecular weight excluding hydrogens is 394 g/mol. The van der Waals surface area contributed by atoms with Gasteiger partial charge in [0, 0.05) is 15.0 Å². The van der Waals surface area contributed by atoms with E-state index in [1.165, 1.54) is 16.7 Å². The number of rotatable bonds is 5. The van der Waals surface area contributed by atoms with E-state index in [0.717, 1.165) is 21.1 Å². The smallest absolute Gasteiger partial charge is 0.122 e. The molecule has 0 aliphatic heterocycles. The van der Waals surface area contributed by atoms with Crippen LogP contribution in [0, 0.1) is 6.92 Å². The van der Waals surface area contributed by atoms with Crippen LogP contribution in [0.2, 0.25) is 0 Å². The molecule has 2 nitrogen and oxygen atoms in total. The van der Waals surface area contributed by atoms with Crippen molar-refractivity contribution >= 4 is 31.9 Å². The number of nitrogens with one attached hydrogen (secondary N) is 1. The van der Waals surface area contributed by atoms with Gasteiger partial charge in [0.05, 0.1) is 7.11 Å². The Kier molecular flexibility index (Phi) is 5.85. The predicted molar refractivity (Wildman–Crippen MR) is 95.1 cm³/mol. The Balaban J connectivity index is 2.34. The highest BCUT2D eigenvalue weighted by Gasteiger charge is 2.16. The third-order valence-corrected chi connectivity index (χ3v) is 5.16. The second-order valence-corrected chi connectivity index (χ2v) is 6.69. The summed E-state index contributed by atoms with van der Waals surface area (Å²) in [5.74, 6) is 0.931. The molecule has 0 radical (unpaired) electrons. The van der Waals surface area contributed by atoms with E-state index in [4.69, 9.17) is 4.74 Å². The van der Waals surface area contributed by atoms with Crippen molar-refractivity contribution in [2.45, 2.75) is 19.4 Å². The summed E-state index contributed by atoms with van der Waals surface area (Å²) in [5, 5.41) is 3.40. The summed E-state index contributed by atoms with van der Waals surface area (Å²) in [7, 11) is 3.70. The molecule has 1 N–H and O–H groups in total. The standard InChI is InChI=1S/C17H19Br2NO/c1-11-8-15(19)13(10-14(11)18)16(20-2)9-12-6-4-5-7-17(12)21-3/h4-8,10,16,20H,9H2,1-3H3. The maximum absolute atomic E-state index is 5.45. The van der Waals surface area contributed by atoms with Gasteiger partial charge >= 0.3 is 0 Å². The number of aryl methyl sites for hydroxylation is 1. The summed E-state index contributed by atoms with van der Waals surface area (Å²) in [5.41, 5.74) is 3.65. The fraction of sp³-hybridized carbons (Fsp3) is 0.294. The first-order chi connectivity index (χ1) is 10.1. The zero-order valence-electron chi connectivity index (χ0n) is 12.4. The number of hydrogen-bond acceptors (Lipinski definition) is 2. The number of hydrogen-bond donors (Lipinski definition) is 1. The molecule has 0 spiro atoms. The molecule has 4 heteroatoms. The van der Waals surface area contributed by atoms with Crippen LogP contribution in [0.15, 0.2) is 45.3 Å². The molecule has 0 fully saturated rings. The molecule has 21 heavy (non-hydrogen) atoms. The van der Waals surface area contributed by atoms with Gasteiger partial charge in [0.25, 0.3) is 0 Å². The van der Waals surface area contributed by atoms with Crippen LogP contribution in [-0.2, 0) is 6.42 Å². The minimum absolute atomic E-state index is 0.215. The summed E-state index contributed by atoms with van der Waals surface area (Å²) in [6.07, 6.45) is 0.870. The molecule has 0 saturated heterocycles. The molecule has 112 valence electrons. The van der Waals surface area contributed by atoms with Gasteiger partial charge in [-0.2, -0.15) is 0 Å². The van der Waals surface area contributed by atoms with Crippen molar-refractivity contribution < 1.29 is 4.74 Å². The molecule has 2 aromatic rings. The molecule has 0 amide bonds. The van der Waals surface area contributed by atoms with Crippen LogP contribution in [-0.4, -0.2) is 14.2 Å². The quantitative estimate of drug-likeness (QED) is 0.743. The van der Waals surface area contributed by atoms with Gasteiger partial charge in [-0.25, -0.2) is 0 Å². The van der Waals surface area contributed by atoms with Gasteiger partial charge in [0.1, 0.15) is 5.75 Å². The SMILES string of the molecule is CNC(Cc1ccccc1OC)c1cc(Br)c(C)cc1Br. The van der Waals surface area contributed by atoms with Crippen LogP contribution in [0.25, 0.3) is 0 Å².